The van der Waals surface area contributed by atoms with Gasteiger partial charge in [-0.2, -0.15) is 8.68 Å². The van der Waals surface area contributed by atoms with E-state index in [0.717, 1.165) is 0 Å². The number of benzene rings is 2. The first-order chi connectivity index (χ1) is 16.7. The highest BCUT2D eigenvalue weighted by atomic mass is 32.2. The van der Waals surface area contributed by atoms with Gasteiger partial charge in [-0.05, 0) is 30.7 Å². The summed E-state index contributed by atoms with van der Waals surface area (Å²) in [5.74, 6) is 0.266. The third kappa shape index (κ3) is 5.81. The van der Waals surface area contributed by atoms with Crippen LogP contribution < -0.4 is 10.2 Å². The SMILES string of the molecule is CC(=O)Nc1ccc(S(=O)(=O)N2CCCN(c3nc(Cc4ccccc4[N+](=O)[O-])ns3)CC2)cc1. The summed E-state index contributed by atoms with van der Waals surface area (Å²) in [6, 6.07) is 12.6. The van der Waals surface area contributed by atoms with Crippen molar-refractivity contribution in [2.24, 2.45) is 0 Å². The molecule has 184 valence electrons. The van der Waals surface area contributed by atoms with E-state index in [1.807, 2.05) is 4.90 Å². The van der Waals surface area contributed by atoms with E-state index in [4.69, 9.17) is 0 Å². The number of hydrogen-bond acceptors (Lipinski definition) is 9. The van der Waals surface area contributed by atoms with Gasteiger partial charge in [0.15, 0.2) is 0 Å². The second-order valence-electron chi connectivity index (χ2n) is 8.01. The molecule has 3 aromatic rings. The van der Waals surface area contributed by atoms with Crippen molar-refractivity contribution in [2.75, 3.05) is 36.4 Å². The van der Waals surface area contributed by atoms with Gasteiger partial charge in [-0.3, -0.25) is 14.9 Å². The molecule has 1 aromatic heterocycles. The summed E-state index contributed by atoms with van der Waals surface area (Å²) >= 11 is 1.20. The molecule has 4 rings (SSSR count). The van der Waals surface area contributed by atoms with Crippen LogP contribution in [0.1, 0.15) is 24.7 Å². The fraction of sp³-hybridized carbons (Fsp3) is 0.318. The lowest BCUT2D eigenvalue weighted by Crippen LogP contribution is -2.35. The van der Waals surface area contributed by atoms with Crippen molar-refractivity contribution in [1.29, 1.82) is 0 Å². The highest BCUT2D eigenvalue weighted by Crippen LogP contribution is 2.25. The van der Waals surface area contributed by atoms with E-state index in [-0.39, 0.29) is 29.5 Å². The molecule has 1 aliphatic rings. The van der Waals surface area contributed by atoms with E-state index in [9.17, 15) is 23.3 Å². The van der Waals surface area contributed by atoms with Crippen LogP contribution in [0.15, 0.2) is 53.4 Å². The second kappa shape index (κ2) is 10.5. The molecule has 0 unspecified atom stereocenters. The fourth-order valence-corrected chi connectivity index (χ4v) is 6.05. The first-order valence-electron chi connectivity index (χ1n) is 10.9. The molecule has 1 amide bonds. The maximum absolute atomic E-state index is 13.2. The number of para-hydroxylation sites is 1. The monoisotopic (exact) mass is 516 g/mol. The van der Waals surface area contributed by atoms with Crippen LogP contribution in [0.5, 0.6) is 0 Å². The maximum atomic E-state index is 13.2. The van der Waals surface area contributed by atoms with Crippen LogP contribution in [-0.2, 0) is 21.2 Å². The Morgan fingerprint density at radius 3 is 2.57 bits per heavy atom. The lowest BCUT2D eigenvalue weighted by atomic mass is 10.1. The van der Waals surface area contributed by atoms with E-state index in [1.165, 1.54) is 41.0 Å². The molecule has 0 aliphatic carbocycles. The molecule has 1 saturated heterocycles. The molecule has 0 radical (unpaired) electrons. The van der Waals surface area contributed by atoms with Crippen LogP contribution in [-0.4, -0.2) is 59.1 Å². The van der Waals surface area contributed by atoms with Crippen molar-refractivity contribution in [3.8, 4) is 0 Å². The number of amides is 1. The van der Waals surface area contributed by atoms with E-state index in [0.29, 0.717) is 48.3 Å². The van der Waals surface area contributed by atoms with Crippen molar-refractivity contribution < 1.29 is 18.1 Å². The number of sulfonamides is 1. The van der Waals surface area contributed by atoms with Crippen LogP contribution >= 0.6 is 11.5 Å². The highest BCUT2D eigenvalue weighted by Gasteiger charge is 2.28. The Morgan fingerprint density at radius 2 is 1.86 bits per heavy atom. The number of nitrogens with zero attached hydrogens (tertiary/aromatic N) is 5. The summed E-state index contributed by atoms with van der Waals surface area (Å²) in [6.07, 6.45) is 0.860. The van der Waals surface area contributed by atoms with E-state index >= 15 is 0 Å². The Hall–Kier alpha value is -3.42. The van der Waals surface area contributed by atoms with E-state index < -0.39 is 14.9 Å². The second-order valence-corrected chi connectivity index (χ2v) is 10.7. The summed E-state index contributed by atoms with van der Waals surface area (Å²) in [6.45, 7) is 3.11. The van der Waals surface area contributed by atoms with Crippen molar-refractivity contribution >= 4 is 44.0 Å². The zero-order chi connectivity index (χ0) is 25.0. The molecular formula is C22H24N6O5S2. The van der Waals surface area contributed by atoms with Gasteiger partial charge in [0.1, 0.15) is 5.82 Å². The molecule has 11 nitrogen and oxygen atoms in total. The molecule has 0 atom stereocenters. The predicted molar refractivity (Wildman–Crippen MR) is 132 cm³/mol. The van der Waals surface area contributed by atoms with E-state index in [1.54, 1.807) is 30.3 Å². The third-order valence-electron chi connectivity index (χ3n) is 5.53. The number of aromatic nitrogens is 2. The Labute approximate surface area is 206 Å². The molecule has 0 saturated carbocycles. The van der Waals surface area contributed by atoms with Gasteiger partial charge in [-0.15, -0.1) is 0 Å². The van der Waals surface area contributed by atoms with Crippen LogP contribution in [0.2, 0.25) is 0 Å². The highest BCUT2D eigenvalue weighted by molar-refractivity contribution is 7.89. The number of nitro benzene ring substituents is 1. The number of carbonyl (C=O) groups is 1. The number of carbonyl (C=O) groups excluding carboxylic acids is 1. The molecule has 1 fully saturated rings. The Morgan fingerprint density at radius 1 is 1.11 bits per heavy atom. The average Bonchev–Trinajstić information content (AvgIpc) is 3.13. The first kappa shape index (κ1) is 24.7. The quantitative estimate of drug-likeness (QED) is 0.374. The minimum Gasteiger partial charge on any atom is -0.345 e. The Bertz CT molecular complexity index is 1330. The summed E-state index contributed by atoms with van der Waals surface area (Å²) in [5.41, 5.74) is 1.11. The topological polar surface area (TPSA) is 139 Å². The molecule has 2 heterocycles. The minimum atomic E-state index is -3.69. The van der Waals surface area contributed by atoms with Gasteiger partial charge in [0.05, 0.1) is 9.82 Å². The zero-order valence-corrected chi connectivity index (χ0v) is 20.6. The van der Waals surface area contributed by atoms with Gasteiger partial charge in [0.25, 0.3) is 5.69 Å². The standard InChI is InChI=1S/C22H24N6O5S2/c1-16(29)23-18-7-9-19(10-8-18)35(32,33)27-12-4-11-26(13-14-27)22-24-21(25-34-22)15-17-5-2-3-6-20(17)28(30)31/h2-3,5-10H,4,11-15H2,1H3,(H,23,29). The molecule has 0 bridgehead atoms. The minimum absolute atomic E-state index is 0.0320. The first-order valence-corrected chi connectivity index (χ1v) is 13.1. The van der Waals surface area contributed by atoms with Crippen molar-refractivity contribution in [3.63, 3.8) is 0 Å². The largest absolute Gasteiger partial charge is 0.345 e. The predicted octanol–water partition coefficient (Wildman–Crippen LogP) is 2.90. The summed E-state index contributed by atoms with van der Waals surface area (Å²) < 4.78 is 32.1. The Kier molecular flexibility index (Phi) is 7.38. The lowest BCUT2D eigenvalue weighted by Gasteiger charge is -2.21. The summed E-state index contributed by atoms with van der Waals surface area (Å²) in [4.78, 5) is 28.8. The number of hydrogen-bond donors (Lipinski definition) is 1. The normalized spacial score (nSPS) is 14.9. The van der Waals surface area contributed by atoms with Gasteiger partial charge in [-0.1, -0.05) is 18.2 Å². The molecule has 1 N–H and O–H groups in total. The lowest BCUT2D eigenvalue weighted by molar-refractivity contribution is -0.385. The molecule has 2 aromatic carbocycles. The molecule has 13 heteroatoms. The summed E-state index contributed by atoms with van der Waals surface area (Å²) in [5, 5.41) is 14.6. The van der Waals surface area contributed by atoms with Crippen molar-refractivity contribution in [3.05, 3.63) is 70.0 Å². The molecule has 35 heavy (non-hydrogen) atoms. The van der Waals surface area contributed by atoms with Crippen LogP contribution in [0.25, 0.3) is 0 Å². The van der Waals surface area contributed by atoms with Gasteiger partial charge < -0.3 is 10.2 Å². The van der Waals surface area contributed by atoms with Crippen LogP contribution in [0, 0.1) is 10.1 Å². The van der Waals surface area contributed by atoms with E-state index in [2.05, 4.69) is 14.7 Å². The Balaban J connectivity index is 1.42. The number of rotatable bonds is 7. The molecular weight excluding hydrogens is 492 g/mol. The van der Waals surface area contributed by atoms with Crippen molar-refractivity contribution in [1.82, 2.24) is 13.7 Å². The van der Waals surface area contributed by atoms with Gasteiger partial charge in [0, 0.05) is 68.4 Å². The number of nitrogens with one attached hydrogen (secondary N) is 1. The molecule has 0 spiro atoms. The average molecular weight is 517 g/mol. The third-order valence-corrected chi connectivity index (χ3v) is 8.26. The smallest absolute Gasteiger partial charge is 0.273 e. The van der Waals surface area contributed by atoms with Gasteiger partial charge in [-0.25, -0.2) is 13.4 Å². The van der Waals surface area contributed by atoms with Gasteiger partial charge in [0.2, 0.25) is 21.1 Å². The summed E-state index contributed by atoms with van der Waals surface area (Å²) in [7, 11) is -3.69. The molecule has 1 aliphatic heterocycles. The zero-order valence-electron chi connectivity index (χ0n) is 19.0. The fourth-order valence-electron chi connectivity index (χ4n) is 3.84. The van der Waals surface area contributed by atoms with Crippen LogP contribution in [0.3, 0.4) is 0 Å². The van der Waals surface area contributed by atoms with Gasteiger partial charge >= 0.3 is 0 Å². The van der Waals surface area contributed by atoms with Crippen LogP contribution in [0.4, 0.5) is 16.5 Å². The number of anilines is 2. The number of nitro groups is 1. The van der Waals surface area contributed by atoms with Crippen molar-refractivity contribution in [2.45, 2.75) is 24.7 Å². The maximum Gasteiger partial charge on any atom is 0.273 e.